The Morgan fingerprint density at radius 2 is 1.62 bits per heavy atom. The smallest absolute Gasteiger partial charge is 0.123 e. The van der Waals surface area contributed by atoms with Crippen LogP contribution in [0.2, 0.25) is 0 Å². The number of aryl methyl sites for hydroxylation is 1. The second kappa shape index (κ2) is 10.1. The van der Waals surface area contributed by atoms with Gasteiger partial charge in [0.1, 0.15) is 36.1 Å². The summed E-state index contributed by atoms with van der Waals surface area (Å²) >= 11 is 0. The number of piperidine rings is 1. The van der Waals surface area contributed by atoms with Gasteiger partial charge in [0.15, 0.2) is 0 Å². The van der Waals surface area contributed by atoms with Gasteiger partial charge < -0.3 is 14.6 Å². The molecule has 7 heteroatoms. The van der Waals surface area contributed by atoms with Gasteiger partial charge in [-0.2, -0.15) is 5.10 Å². The maximum atomic E-state index is 13.0. The third-order valence-electron chi connectivity index (χ3n) is 5.80. The first-order valence-corrected chi connectivity index (χ1v) is 11.0. The van der Waals surface area contributed by atoms with Gasteiger partial charge in [-0.15, -0.1) is 0 Å². The molecule has 0 radical (unpaired) electrons. The Hall–Kier alpha value is -2.90. The molecule has 0 aliphatic carbocycles. The van der Waals surface area contributed by atoms with E-state index >= 15 is 0 Å². The summed E-state index contributed by atoms with van der Waals surface area (Å²) in [5, 5.41) is 15.2. The molecule has 2 heterocycles. The zero-order chi connectivity index (χ0) is 22.4. The van der Waals surface area contributed by atoms with Gasteiger partial charge in [0.2, 0.25) is 0 Å². The predicted octanol–water partition coefficient (Wildman–Crippen LogP) is 3.82. The number of rotatable bonds is 9. The lowest BCUT2D eigenvalue weighted by Gasteiger charge is -2.38. The first kappa shape index (κ1) is 22.3. The van der Waals surface area contributed by atoms with Crippen LogP contribution in [0.1, 0.15) is 24.1 Å². The number of ether oxygens (including phenoxy) is 2. The minimum Gasteiger partial charge on any atom is -0.492 e. The van der Waals surface area contributed by atoms with Crippen LogP contribution in [-0.4, -0.2) is 51.7 Å². The van der Waals surface area contributed by atoms with Crippen LogP contribution in [0.15, 0.2) is 60.8 Å². The maximum absolute atomic E-state index is 13.0. The van der Waals surface area contributed by atoms with E-state index in [4.69, 9.17) is 9.47 Å². The summed E-state index contributed by atoms with van der Waals surface area (Å²) in [6.45, 7) is 5.91. The molecule has 3 aromatic rings. The Balaban J connectivity index is 1.18. The Kier molecular flexibility index (Phi) is 7.07. The quantitative estimate of drug-likeness (QED) is 0.549. The van der Waals surface area contributed by atoms with Crippen molar-refractivity contribution in [1.29, 1.82) is 0 Å². The van der Waals surface area contributed by atoms with Crippen LogP contribution >= 0.6 is 0 Å². The van der Waals surface area contributed by atoms with Crippen LogP contribution in [0, 0.1) is 12.7 Å². The van der Waals surface area contributed by atoms with E-state index < -0.39 is 5.60 Å². The summed E-state index contributed by atoms with van der Waals surface area (Å²) in [4.78, 5) is 2.34. The standard InChI is InChI=1S/C25H30FN3O3/c1-20-10-13-29(27-20)16-17-31-23-6-2-21(3-7-23)18-28-14-11-25(30,12-15-28)19-32-24-8-4-22(26)5-9-24/h2-10,13,30H,11-12,14-19H2,1H3. The maximum Gasteiger partial charge on any atom is 0.123 e. The highest BCUT2D eigenvalue weighted by Gasteiger charge is 2.33. The Labute approximate surface area is 188 Å². The Morgan fingerprint density at radius 3 is 2.28 bits per heavy atom. The van der Waals surface area contributed by atoms with E-state index in [1.54, 1.807) is 12.1 Å². The summed E-state index contributed by atoms with van der Waals surface area (Å²) in [5.41, 5.74) is 1.37. The molecule has 0 saturated carbocycles. The number of hydrogen-bond acceptors (Lipinski definition) is 5. The van der Waals surface area contributed by atoms with Gasteiger partial charge in [0.05, 0.1) is 12.2 Å². The van der Waals surface area contributed by atoms with Crippen molar-refractivity contribution in [2.45, 2.75) is 38.5 Å². The molecule has 170 valence electrons. The van der Waals surface area contributed by atoms with Gasteiger partial charge in [0, 0.05) is 25.8 Å². The zero-order valence-corrected chi connectivity index (χ0v) is 18.4. The Morgan fingerprint density at radius 1 is 0.969 bits per heavy atom. The number of aromatic nitrogens is 2. The molecule has 4 rings (SSSR count). The lowest BCUT2D eigenvalue weighted by molar-refractivity contribution is -0.0537. The second-order valence-electron chi connectivity index (χ2n) is 8.46. The van der Waals surface area contributed by atoms with Crippen LogP contribution in [-0.2, 0) is 13.1 Å². The number of benzene rings is 2. The molecule has 1 fully saturated rings. The van der Waals surface area contributed by atoms with Crippen molar-refractivity contribution in [3.8, 4) is 11.5 Å². The second-order valence-corrected chi connectivity index (χ2v) is 8.46. The Bertz CT molecular complexity index is 980. The summed E-state index contributed by atoms with van der Waals surface area (Å²) in [7, 11) is 0. The van der Waals surface area contributed by atoms with E-state index in [1.165, 1.54) is 17.7 Å². The number of hydrogen-bond donors (Lipinski definition) is 1. The van der Waals surface area contributed by atoms with Gasteiger partial charge in [0.25, 0.3) is 0 Å². The fraction of sp³-hybridized carbons (Fsp3) is 0.400. The van der Waals surface area contributed by atoms with Crippen molar-refractivity contribution in [1.82, 2.24) is 14.7 Å². The zero-order valence-electron chi connectivity index (χ0n) is 18.4. The van der Waals surface area contributed by atoms with E-state index in [0.717, 1.165) is 37.6 Å². The average molecular weight is 440 g/mol. The van der Waals surface area contributed by atoms with Crippen LogP contribution in [0.25, 0.3) is 0 Å². The molecule has 1 aromatic heterocycles. The number of likely N-dealkylation sites (tertiary alicyclic amines) is 1. The van der Waals surface area contributed by atoms with Gasteiger partial charge in [-0.3, -0.25) is 9.58 Å². The first-order chi connectivity index (χ1) is 15.5. The number of aliphatic hydroxyl groups is 1. The summed E-state index contributed by atoms with van der Waals surface area (Å²) in [6, 6.07) is 16.0. The molecule has 6 nitrogen and oxygen atoms in total. The van der Waals surface area contributed by atoms with Crippen molar-refractivity contribution in [3.63, 3.8) is 0 Å². The van der Waals surface area contributed by atoms with Crippen molar-refractivity contribution >= 4 is 0 Å². The minimum atomic E-state index is -0.851. The molecule has 1 aliphatic rings. The lowest BCUT2D eigenvalue weighted by atomic mass is 9.92. The third-order valence-corrected chi connectivity index (χ3v) is 5.80. The van der Waals surface area contributed by atoms with E-state index in [9.17, 15) is 9.50 Å². The summed E-state index contributed by atoms with van der Waals surface area (Å²) in [6.07, 6.45) is 3.24. The van der Waals surface area contributed by atoms with E-state index in [-0.39, 0.29) is 12.4 Å². The van der Waals surface area contributed by atoms with E-state index in [2.05, 4.69) is 22.1 Å². The van der Waals surface area contributed by atoms with Gasteiger partial charge in [-0.05, 0) is 67.8 Å². The summed E-state index contributed by atoms with van der Waals surface area (Å²) in [5.74, 6) is 1.13. The lowest BCUT2D eigenvalue weighted by Crippen LogP contribution is -2.47. The summed E-state index contributed by atoms with van der Waals surface area (Å²) < 4.78 is 26.4. The monoisotopic (exact) mass is 439 g/mol. The van der Waals surface area contributed by atoms with E-state index in [1.807, 2.05) is 36.0 Å². The first-order valence-electron chi connectivity index (χ1n) is 11.0. The average Bonchev–Trinajstić information content (AvgIpc) is 3.21. The van der Waals surface area contributed by atoms with Crippen LogP contribution in [0.3, 0.4) is 0 Å². The van der Waals surface area contributed by atoms with Gasteiger partial charge >= 0.3 is 0 Å². The number of halogens is 1. The molecule has 0 spiro atoms. The third kappa shape index (κ3) is 6.31. The largest absolute Gasteiger partial charge is 0.492 e. The molecular formula is C25H30FN3O3. The van der Waals surface area contributed by atoms with Crippen LogP contribution in [0.5, 0.6) is 11.5 Å². The molecule has 1 N–H and O–H groups in total. The van der Waals surface area contributed by atoms with Crippen LogP contribution in [0.4, 0.5) is 4.39 Å². The van der Waals surface area contributed by atoms with Gasteiger partial charge in [-0.1, -0.05) is 12.1 Å². The van der Waals surface area contributed by atoms with Gasteiger partial charge in [-0.25, -0.2) is 4.39 Å². The molecule has 0 amide bonds. The molecule has 2 aromatic carbocycles. The highest BCUT2D eigenvalue weighted by atomic mass is 19.1. The molecule has 32 heavy (non-hydrogen) atoms. The topological polar surface area (TPSA) is 59.8 Å². The molecule has 0 unspecified atom stereocenters. The van der Waals surface area contributed by atoms with Crippen molar-refractivity contribution in [2.75, 3.05) is 26.3 Å². The molecule has 0 atom stereocenters. The van der Waals surface area contributed by atoms with Crippen molar-refractivity contribution in [3.05, 3.63) is 77.9 Å². The molecule has 1 saturated heterocycles. The fourth-order valence-corrected chi connectivity index (χ4v) is 3.81. The molecular weight excluding hydrogens is 409 g/mol. The van der Waals surface area contributed by atoms with Crippen LogP contribution < -0.4 is 9.47 Å². The van der Waals surface area contributed by atoms with Crippen molar-refractivity contribution < 1.29 is 19.0 Å². The fourth-order valence-electron chi connectivity index (χ4n) is 3.81. The van der Waals surface area contributed by atoms with E-state index in [0.29, 0.717) is 25.2 Å². The highest BCUT2D eigenvalue weighted by Crippen LogP contribution is 2.25. The number of nitrogens with zero attached hydrogens (tertiary/aromatic N) is 3. The SMILES string of the molecule is Cc1ccn(CCOc2ccc(CN3CCC(O)(COc4ccc(F)cc4)CC3)cc2)n1. The molecule has 0 bridgehead atoms. The molecule has 1 aliphatic heterocycles. The van der Waals surface area contributed by atoms with Crippen molar-refractivity contribution in [2.24, 2.45) is 0 Å². The normalized spacial score (nSPS) is 16.1. The highest BCUT2D eigenvalue weighted by molar-refractivity contribution is 5.27. The predicted molar refractivity (Wildman–Crippen MR) is 120 cm³/mol. The minimum absolute atomic E-state index is 0.219.